The van der Waals surface area contributed by atoms with Crippen LogP contribution in [0.25, 0.3) is 17.4 Å². The van der Waals surface area contributed by atoms with Crippen LogP contribution in [0.3, 0.4) is 0 Å². The quantitative estimate of drug-likeness (QED) is 0.318. The minimum atomic E-state index is -1.13. The van der Waals surface area contributed by atoms with E-state index < -0.39 is 18.0 Å². The minimum Gasteiger partial charge on any atom is -0.478 e. The topological polar surface area (TPSA) is 111 Å². The van der Waals surface area contributed by atoms with Crippen molar-refractivity contribution in [2.75, 3.05) is 6.61 Å². The number of carbonyl (C=O) groups excluding carboxylic acids is 1. The third-order valence-corrected chi connectivity index (χ3v) is 7.74. The van der Waals surface area contributed by atoms with Crippen LogP contribution in [-0.4, -0.2) is 28.2 Å². The molecule has 0 saturated carbocycles. The highest BCUT2D eigenvalue weighted by Crippen LogP contribution is 2.34. The number of hydrogen-bond donors (Lipinski definition) is 1. The predicted molar refractivity (Wildman–Crippen MR) is 148 cm³/mol. The normalized spacial score (nSPS) is 15.2. The van der Waals surface area contributed by atoms with E-state index in [9.17, 15) is 19.5 Å². The first-order valence-electron chi connectivity index (χ1n) is 11.8. The van der Waals surface area contributed by atoms with Crippen molar-refractivity contribution in [2.24, 2.45) is 4.99 Å². The molecule has 2 aromatic carbocycles. The van der Waals surface area contributed by atoms with Crippen LogP contribution in [-0.2, 0) is 9.53 Å². The van der Waals surface area contributed by atoms with Gasteiger partial charge in [0.05, 0.1) is 33.0 Å². The lowest BCUT2D eigenvalue weighted by Gasteiger charge is -2.25. The van der Waals surface area contributed by atoms with Crippen molar-refractivity contribution < 1.29 is 23.8 Å². The molecule has 1 aliphatic rings. The molecule has 1 N–H and O–H groups in total. The van der Waals surface area contributed by atoms with Crippen LogP contribution < -0.4 is 14.9 Å². The molecule has 198 valence electrons. The second kappa shape index (κ2) is 10.7. The summed E-state index contributed by atoms with van der Waals surface area (Å²) in [5.41, 5.74) is 1.45. The molecular weight excluding hydrogens is 563 g/mol. The zero-order valence-corrected chi connectivity index (χ0v) is 22.9. The van der Waals surface area contributed by atoms with Crippen molar-refractivity contribution in [2.45, 2.75) is 19.9 Å². The second-order valence-corrected chi connectivity index (χ2v) is 10.3. The van der Waals surface area contributed by atoms with Crippen LogP contribution in [0.5, 0.6) is 0 Å². The zero-order valence-electron chi connectivity index (χ0n) is 20.6. The number of nitrogens with zero attached hydrogens (tertiary/aromatic N) is 2. The van der Waals surface area contributed by atoms with Crippen molar-refractivity contribution in [1.29, 1.82) is 0 Å². The molecule has 0 unspecified atom stereocenters. The lowest BCUT2D eigenvalue weighted by molar-refractivity contribution is -0.139. The summed E-state index contributed by atoms with van der Waals surface area (Å²) >= 11 is 13.8. The number of aromatic nitrogens is 1. The Balaban J connectivity index is 1.61. The van der Waals surface area contributed by atoms with Crippen molar-refractivity contribution in [1.82, 2.24) is 4.57 Å². The smallest absolute Gasteiger partial charge is 0.338 e. The molecule has 0 saturated heterocycles. The van der Waals surface area contributed by atoms with Gasteiger partial charge in [0, 0.05) is 16.7 Å². The first kappa shape index (κ1) is 26.7. The number of fused-ring (bicyclic) bond motifs is 1. The van der Waals surface area contributed by atoms with E-state index in [-0.39, 0.29) is 28.3 Å². The van der Waals surface area contributed by atoms with Gasteiger partial charge in [-0.1, -0.05) is 58.8 Å². The third kappa shape index (κ3) is 4.96. The lowest BCUT2D eigenvalue weighted by Crippen LogP contribution is -2.40. The van der Waals surface area contributed by atoms with Gasteiger partial charge in [0.2, 0.25) is 0 Å². The molecule has 39 heavy (non-hydrogen) atoms. The average molecular weight is 583 g/mol. The molecule has 1 aliphatic heterocycles. The average Bonchev–Trinajstić information content (AvgIpc) is 3.48. The number of aromatic carboxylic acids is 1. The van der Waals surface area contributed by atoms with E-state index in [1.54, 1.807) is 62.4 Å². The highest BCUT2D eigenvalue weighted by Gasteiger charge is 2.34. The first-order chi connectivity index (χ1) is 18.7. The molecule has 0 fully saturated rings. The number of rotatable bonds is 6. The largest absolute Gasteiger partial charge is 0.478 e. The van der Waals surface area contributed by atoms with Crippen molar-refractivity contribution in [3.05, 3.63) is 112 Å². The number of esters is 1. The van der Waals surface area contributed by atoms with Gasteiger partial charge in [0.1, 0.15) is 17.6 Å². The fraction of sp³-hybridized carbons (Fsp3) is 0.143. The van der Waals surface area contributed by atoms with E-state index in [0.717, 1.165) is 11.3 Å². The SMILES string of the molecule is CCOC(=O)C1=C(C)N=c2s/c(=C\c3ccc(-c4ccc(C(=O)O)c(Cl)c4)o3)c(=O)n2[C@H]1c1ccccc1Cl. The Morgan fingerprint density at radius 1 is 1.15 bits per heavy atom. The van der Waals surface area contributed by atoms with Crippen LogP contribution in [0.1, 0.15) is 41.6 Å². The highest BCUT2D eigenvalue weighted by atomic mass is 35.5. The number of carboxylic acid groups (broad SMARTS) is 1. The van der Waals surface area contributed by atoms with Crippen molar-refractivity contribution >= 4 is 52.6 Å². The number of halogens is 2. The Kier molecular flexibility index (Phi) is 7.31. The van der Waals surface area contributed by atoms with Gasteiger partial charge in [-0.3, -0.25) is 9.36 Å². The number of carbonyl (C=O) groups is 2. The Morgan fingerprint density at radius 2 is 1.92 bits per heavy atom. The second-order valence-electron chi connectivity index (χ2n) is 8.53. The number of ether oxygens (including phenoxy) is 1. The standard InChI is InChI=1S/C28H20Cl2N2O6S/c1-3-37-27(36)23-14(2)31-28-32(24(23)17-6-4-5-7-19(17)29)25(33)22(39-28)13-16-9-11-21(38-16)15-8-10-18(26(34)35)20(30)12-15/h4-13,24H,3H2,1-2H3,(H,34,35)/b22-13-/t24-/m0/s1. The summed E-state index contributed by atoms with van der Waals surface area (Å²) in [5.74, 6) is -0.855. The number of thiazole rings is 1. The first-order valence-corrected chi connectivity index (χ1v) is 13.3. The summed E-state index contributed by atoms with van der Waals surface area (Å²) < 4.78 is 13.0. The monoisotopic (exact) mass is 582 g/mol. The van der Waals surface area contributed by atoms with Crippen LogP contribution in [0.4, 0.5) is 0 Å². The van der Waals surface area contributed by atoms with Gasteiger partial charge in [-0.25, -0.2) is 14.6 Å². The van der Waals surface area contributed by atoms with Crippen LogP contribution in [0.15, 0.2) is 80.1 Å². The summed E-state index contributed by atoms with van der Waals surface area (Å²) in [4.78, 5) is 42.9. The molecule has 5 rings (SSSR count). The van der Waals surface area contributed by atoms with Crippen LogP contribution in [0.2, 0.25) is 10.0 Å². The zero-order chi connectivity index (χ0) is 27.8. The van der Waals surface area contributed by atoms with Gasteiger partial charge in [-0.05, 0) is 49.7 Å². The molecule has 11 heteroatoms. The summed E-state index contributed by atoms with van der Waals surface area (Å²) in [6, 6.07) is 14.1. The number of allylic oxidation sites excluding steroid dienone is 1. The van der Waals surface area contributed by atoms with Gasteiger partial charge >= 0.3 is 11.9 Å². The minimum absolute atomic E-state index is 0.0149. The van der Waals surface area contributed by atoms with Crippen LogP contribution >= 0.6 is 34.5 Å². The number of benzene rings is 2. The van der Waals surface area contributed by atoms with E-state index in [1.165, 1.54) is 16.7 Å². The molecule has 0 spiro atoms. The summed E-state index contributed by atoms with van der Waals surface area (Å²) in [6.07, 6.45) is 1.59. The molecule has 3 heterocycles. The number of hydrogen-bond acceptors (Lipinski definition) is 7. The highest BCUT2D eigenvalue weighted by molar-refractivity contribution is 7.07. The molecule has 1 atom stereocenters. The van der Waals surface area contributed by atoms with E-state index in [0.29, 0.717) is 42.7 Å². The van der Waals surface area contributed by atoms with Gasteiger partial charge in [-0.15, -0.1) is 0 Å². The number of carboxylic acids is 1. The summed E-state index contributed by atoms with van der Waals surface area (Å²) in [5, 5.41) is 9.68. The van der Waals surface area contributed by atoms with Gasteiger partial charge < -0.3 is 14.3 Å². The van der Waals surface area contributed by atoms with E-state index in [4.69, 9.17) is 32.4 Å². The molecule has 0 amide bonds. The van der Waals surface area contributed by atoms with E-state index in [1.807, 2.05) is 0 Å². The van der Waals surface area contributed by atoms with Gasteiger partial charge in [-0.2, -0.15) is 0 Å². The summed E-state index contributed by atoms with van der Waals surface area (Å²) in [6.45, 7) is 3.58. The maximum absolute atomic E-state index is 13.7. The fourth-order valence-corrected chi connectivity index (χ4v) is 5.87. The number of furan rings is 1. The lowest BCUT2D eigenvalue weighted by atomic mass is 9.96. The molecule has 0 radical (unpaired) electrons. The predicted octanol–water partition coefficient (Wildman–Crippen LogP) is 5.06. The maximum atomic E-state index is 13.7. The van der Waals surface area contributed by atoms with E-state index in [2.05, 4.69) is 4.99 Å². The fourth-order valence-electron chi connectivity index (χ4n) is 4.34. The van der Waals surface area contributed by atoms with Crippen molar-refractivity contribution in [3.8, 4) is 11.3 Å². The third-order valence-electron chi connectivity index (χ3n) is 6.10. The van der Waals surface area contributed by atoms with Crippen molar-refractivity contribution in [3.63, 3.8) is 0 Å². The molecule has 0 aliphatic carbocycles. The summed E-state index contributed by atoms with van der Waals surface area (Å²) in [7, 11) is 0. The van der Waals surface area contributed by atoms with Gasteiger partial charge in [0.25, 0.3) is 5.56 Å². The Bertz CT molecular complexity index is 1850. The Hall–Kier alpha value is -3.92. The Morgan fingerprint density at radius 3 is 2.62 bits per heavy atom. The molecular formula is C28H20Cl2N2O6S. The molecule has 2 aromatic heterocycles. The molecule has 0 bridgehead atoms. The van der Waals surface area contributed by atoms with E-state index >= 15 is 0 Å². The molecule has 4 aromatic rings. The van der Waals surface area contributed by atoms with Crippen LogP contribution in [0, 0.1) is 0 Å². The molecule has 8 nitrogen and oxygen atoms in total. The maximum Gasteiger partial charge on any atom is 0.338 e. The van der Waals surface area contributed by atoms with Gasteiger partial charge in [0.15, 0.2) is 4.80 Å². The Labute approximate surface area is 235 Å².